The Labute approximate surface area is 176 Å². The molecular formula is C22H21BrN2O4. The molecule has 2 atom stereocenters. The van der Waals surface area contributed by atoms with Gasteiger partial charge in [-0.15, -0.1) is 0 Å². The van der Waals surface area contributed by atoms with Gasteiger partial charge in [0.1, 0.15) is 17.8 Å². The minimum Gasteiger partial charge on any atom is -0.467 e. The van der Waals surface area contributed by atoms with Crippen molar-refractivity contribution >= 4 is 38.7 Å². The van der Waals surface area contributed by atoms with Crippen molar-refractivity contribution in [2.75, 3.05) is 7.11 Å². The average Bonchev–Trinajstić information content (AvgIpc) is 3.28. The van der Waals surface area contributed by atoms with Crippen LogP contribution in [0.4, 0.5) is 0 Å². The molecule has 1 amide bonds. The van der Waals surface area contributed by atoms with Crippen LogP contribution in [0, 0.1) is 0 Å². The zero-order valence-corrected chi connectivity index (χ0v) is 17.9. The average molecular weight is 457 g/mol. The number of aromatic amines is 1. The van der Waals surface area contributed by atoms with Gasteiger partial charge in [0, 0.05) is 23.4 Å². The first-order chi connectivity index (χ1) is 13.9. The number of ether oxygens (including phenoxy) is 1. The van der Waals surface area contributed by atoms with Gasteiger partial charge in [-0.25, -0.2) is 4.79 Å². The van der Waals surface area contributed by atoms with E-state index in [1.54, 1.807) is 11.0 Å². The van der Waals surface area contributed by atoms with E-state index >= 15 is 0 Å². The fraction of sp³-hybridized carbons (Fsp3) is 0.273. The lowest BCUT2D eigenvalue weighted by Gasteiger charge is -2.39. The van der Waals surface area contributed by atoms with Crippen LogP contribution in [0.2, 0.25) is 0 Å². The van der Waals surface area contributed by atoms with Crippen LogP contribution in [-0.2, 0) is 20.7 Å². The second-order valence-electron chi connectivity index (χ2n) is 7.32. The molecular weight excluding hydrogens is 436 g/mol. The van der Waals surface area contributed by atoms with Gasteiger partial charge in [-0.2, -0.15) is 0 Å². The van der Waals surface area contributed by atoms with E-state index in [4.69, 9.17) is 9.15 Å². The number of esters is 1. The summed E-state index contributed by atoms with van der Waals surface area (Å²) in [6.45, 7) is 3.70. The van der Waals surface area contributed by atoms with E-state index in [0.717, 1.165) is 27.7 Å². The minimum atomic E-state index is -0.760. The number of furan rings is 1. The lowest BCUT2D eigenvalue weighted by atomic mass is 9.90. The van der Waals surface area contributed by atoms with Crippen LogP contribution >= 0.6 is 15.9 Å². The fourth-order valence-corrected chi connectivity index (χ4v) is 4.29. The number of hydrogen-bond acceptors (Lipinski definition) is 4. The van der Waals surface area contributed by atoms with Crippen molar-refractivity contribution in [2.24, 2.45) is 0 Å². The Bertz CT molecular complexity index is 1120. The van der Waals surface area contributed by atoms with Gasteiger partial charge < -0.3 is 19.0 Å². The van der Waals surface area contributed by atoms with Gasteiger partial charge >= 0.3 is 5.97 Å². The number of methoxy groups -OCH3 is 1. The topological polar surface area (TPSA) is 75.5 Å². The van der Waals surface area contributed by atoms with Gasteiger partial charge in [-0.1, -0.05) is 23.8 Å². The van der Waals surface area contributed by atoms with Gasteiger partial charge in [-0.3, -0.25) is 4.79 Å². The number of nitrogens with one attached hydrogen (secondary N) is 1. The number of allylic oxidation sites excluding steroid dienone is 1. The molecule has 29 heavy (non-hydrogen) atoms. The maximum absolute atomic E-state index is 13.2. The summed E-state index contributed by atoms with van der Waals surface area (Å²) in [5.74, 6) is -0.150. The van der Waals surface area contributed by atoms with Crippen molar-refractivity contribution in [3.05, 3.63) is 69.7 Å². The maximum Gasteiger partial charge on any atom is 0.328 e. The molecule has 1 N–H and O–H groups in total. The lowest BCUT2D eigenvalue weighted by molar-refractivity contribution is -0.153. The second-order valence-corrected chi connectivity index (χ2v) is 8.10. The summed E-state index contributed by atoms with van der Waals surface area (Å²) in [4.78, 5) is 31.0. The van der Waals surface area contributed by atoms with Crippen LogP contribution < -0.4 is 0 Å². The molecule has 1 aliphatic heterocycles. The number of fused-ring (bicyclic) bond motifs is 3. The number of rotatable bonds is 3. The monoisotopic (exact) mass is 456 g/mol. The Morgan fingerprint density at radius 2 is 2.00 bits per heavy atom. The number of benzene rings is 1. The number of halogens is 1. The SMILES string of the molecule is COC(=O)[C@@H]1Cc2c([nH]c3ccccc23)[C@H](c2ccc(Br)o2)N1C(=O)C=C(C)C. The van der Waals surface area contributed by atoms with E-state index in [2.05, 4.69) is 20.9 Å². The largest absolute Gasteiger partial charge is 0.467 e. The van der Waals surface area contributed by atoms with Crippen LogP contribution in [0.25, 0.3) is 10.9 Å². The smallest absolute Gasteiger partial charge is 0.328 e. The normalized spacial score (nSPS) is 18.4. The molecule has 3 aromatic rings. The van der Waals surface area contributed by atoms with Crippen LogP contribution in [0.1, 0.15) is 36.9 Å². The van der Waals surface area contributed by atoms with E-state index in [9.17, 15) is 9.59 Å². The van der Waals surface area contributed by atoms with Gasteiger partial charge in [-0.05, 0) is 53.5 Å². The summed E-state index contributed by atoms with van der Waals surface area (Å²) >= 11 is 3.34. The molecule has 1 aliphatic rings. The van der Waals surface area contributed by atoms with Crippen molar-refractivity contribution in [3.63, 3.8) is 0 Å². The number of amides is 1. The van der Waals surface area contributed by atoms with E-state index in [1.165, 1.54) is 13.2 Å². The molecule has 0 saturated carbocycles. The molecule has 150 valence electrons. The first-order valence-electron chi connectivity index (χ1n) is 9.30. The Kier molecular flexibility index (Phi) is 5.08. The summed E-state index contributed by atoms with van der Waals surface area (Å²) in [6, 6.07) is 10.2. The van der Waals surface area contributed by atoms with Gasteiger partial charge in [0.15, 0.2) is 4.67 Å². The highest BCUT2D eigenvalue weighted by Crippen LogP contribution is 2.42. The van der Waals surface area contributed by atoms with Crippen LogP contribution in [0.5, 0.6) is 0 Å². The molecule has 4 rings (SSSR count). The number of aromatic nitrogens is 1. The van der Waals surface area contributed by atoms with Crippen molar-refractivity contribution in [1.29, 1.82) is 0 Å². The summed E-state index contributed by atoms with van der Waals surface area (Å²) in [5, 5.41) is 1.03. The Morgan fingerprint density at radius 3 is 2.66 bits per heavy atom. The van der Waals surface area contributed by atoms with Crippen molar-refractivity contribution < 1.29 is 18.7 Å². The molecule has 0 unspecified atom stereocenters. The Hall–Kier alpha value is -2.80. The third-order valence-corrected chi connectivity index (χ3v) is 5.56. The Balaban J connectivity index is 1.98. The van der Waals surface area contributed by atoms with Crippen molar-refractivity contribution in [2.45, 2.75) is 32.4 Å². The first kappa shape index (κ1) is 19.5. The van der Waals surface area contributed by atoms with E-state index < -0.39 is 18.1 Å². The molecule has 6 nitrogen and oxygen atoms in total. The lowest BCUT2D eigenvalue weighted by Crippen LogP contribution is -2.51. The summed E-state index contributed by atoms with van der Waals surface area (Å²) < 4.78 is 11.5. The van der Waals surface area contributed by atoms with Gasteiger partial charge in [0.25, 0.3) is 0 Å². The van der Waals surface area contributed by atoms with Crippen LogP contribution in [0.15, 0.2) is 57.1 Å². The molecule has 0 bridgehead atoms. The molecule has 0 saturated heterocycles. The fourth-order valence-electron chi connectivity index (χ4n) is 3.97. The third kappa shape index (κ3) is 3.40. The zero-order valence-electron chi connectivity index (χ0n) is 16.4. The van der Waals surface area contributed by atoms with E-state index in [0.29, 0.717) is 16.9 Å². The number of carbonyl (C=O) groups is 2. The standard InChI is InChI=1S/C22H21BrN2O4/c1-12(2)10-19(26)25-16(22(27)28-3)11-14-13-6-4-5-7-15(13)24-20(14)21(25)17-8-9-18(23)29-17/h4-10,16,21,24H,11H2,1-3H3/t16-,21-/m0/s1. The highest BCUT2D eigenvalue weighted by molar-refractivity contribution is 9.10. The number of carbonyl (C=O) groups excluding carboxylic acids is 2. The molecule has 1 aromatic carbocycles. The van der Waals surface area contributed by atoms with E-state index in [1.807, 2.05) is 44.2 Å². The van der Waals surface area contributed by atoms with Gasteiger partial charge in [0.2, 0.25) is 5.91 Å². The number of nitrogens with zero attached hydrogens (tertiary/aromatic N) is 1. The predicted molar refractivity (Wildman–Crippen MR) is 112 cm³/mol. The van der Waals surface area contributed by atoms with Gasteiger partial charge in [0.05, 0.1) is 12.8 Å². The number of H-pyrrole nitrogens is 1. The molecule has 2 aromatic heterocycles. The molecule has 0 aliphatic carbocycles. The summed E-state index contributed by atoms with van der Waals surface area (Å²) in [6.07, 6.45) is 1.90. The Morgan fingerprint density at radius 1 is 1.24 bits per heavy atom. The third-order valence-electron chi connectivity index (χ3n) is 5.13. The van der Waals surface area contributed by atoms with Crippen molar-refractivity contribution in [1.82, 2.24) is 9.88 Å². The second kappa shape index (κ2) is 7.55. The molecule has 0 spiro atoms. The molecule has 7 heteroatoms. The number of para-hydroxylation sites is 1. The number of hydrogen-bond donors (Lipinski definition) is 1. The van der Waals surface area contributed by atoms with Crippen LogP contribution in [0.3, 0.4) is 0 Å². The molecule has 0 fully saturated rings. The summed E-state index contributed by atoms with van der Waals surface area (Å²) in [5.41, 5.74) is 3.65. The minimum absolute atomic E-state index is 0.262. The summed E-state index contributed by atoms with van der Waals surface area (Å²) in [7, 11) is 1.34. The van der Waals surface area contributed by atoms with Crippen LogP contribution in [-0.4, -0.2) is 34.9 Å². The predicted octanol–water partition coefficient (Wildman–Crippen LogP) is 4.51. The quantitative estimate of drug-likeness (QED) is 0.464. The highest BCUT2D eigenvalue weighted by Gasteiger charge is 2.44. The molecule has 3 heterocycles. The maximum atomic E-state index is 13.2. The zero-order chi connectivity index (χ0) is 20.7. The van der Waals surface area contributed by atoms with Crippen molar-refractivity contribution in [3.8, 4) is 0 Å². The first-order valence-corrected chi connectivity index (χ1v) is 10.1. The molecule has 0 radical (unpaired) electrons. The van der Waals surface area contributed by atoms with E-state index in [-0.39, 0.29) is 5.91 Å². The highest BCUT2D eigenvalue weighted by atomic mass is 79.9.